The molecule has 2 aromatic carbocycles. The van der Waals surface area contributed by atoms with Crippen molar-refractivity contribution < 1.29 is 9.57 Å². The Morgan fingerprint density at radius 3 is 2.83 bits per heavy atom. The summed E-state index contributed by atoms with van der Waals surface area (Å²) in [6.07, 6.45) is 1.68. The molecule has 0 bridgehead atoms. The van der Waals surface area contributed by atoms with Crippen molar-refractivity contribution in [2.24, 2.45) is 5.16 Å². The van der Waals surface area contributed by atoms with Gasteiger partial charge in [0.2, 0.25) is 0 Å². The smallest absolute Gasteiger partial charge is 0.141 e. The lowest BCUT2D eigenvalue weighted by Crippen LogP contribution is -1.95. The molecule has 0 fully saturated rings. The minimum absolute atomic E-state index is 0.883. The van der Waals surface area contributed by atoms with Crippen LogP contribution in [0.1, 0.15) is 5.56 Å². The van der Waals surface area contributed by atoms with Crippen molar-refractivity contribution in [2.75, 3.05) is 7.11 Å². The molecule has 0 atom stereocenters. The molecule has 4 heteroatoms. The molecular weight excluding hydrogens is 246 g/mol. The highest BCUT2D eigenvalue weighted by molar-refractivity contribution is 7.99. The SMILES string of the molecule is CO/N=C/c1ccc2c(c1)Sc1ccccc1O2. The average molecular weight is 257 g/mol. The van der Waals surface area contributed by atoms with Crippen LogP contribution in [0.4, 0.5) is 0 Å². The fraction of sp³-hybridized carbons (Fsp3) is 0.0714. The van der Waals surface area contributed by atoms with Gasteiger partial charge in [0.25, 0.3) is 0 Å². The summed E-state index contributed by atoms with van der Waals surface area (Å²) >= 11 is 1.70. The van der Waals surface area contributed by atoms with E-state index in [1.165, 1.54) is 7.11 Å². The maximum absolute atomic E-state index is 5.84. The Kier molecular flexibility index (Phi) is 2.94. The first-order valence-corrected chi connectivity index (χ1v) is 6.34. The van der Waals surface area contributed by atoms with Gasteiger partial charge < -0.3 is 9.57 Å². The van der Waals surface area contributed by atoms with Crippen molar-refractivity contribution in [3.63, 3.8) is 0 Å². The van der Waals surface area contributed by atoms with Gasteiger partial charge in [-0.3, -0.25) is 0 Å². The van der Waals surface area contributed by atoms with Gasteiger partial charge in [0.05, 0.1) is 16.0 Å². The molecule has 2 aromatic rings. The normalized spacial score (nSPS) is 12.7. The second kappa shape index (κ2) is 4.74. The van der Waals surface area contributed by atoms with Crippen LogP contribution in [0.25, 0.3) is 0 Å². The Labute approximate surface area is 109 Å². The van der Waals surface area contributed by atoms with Crippen LogP contribution in [0.5, 0.6) is 11.5 Å². The highest BCUT2D eigenvalue weighted by Gasteiger charge is 2.17. The van der Waals surface area contributed by atoms with Gasteiger partial charge in [0.15, 0.2) is 0 Å². The number of para-hydroxylation sites is 1. The van der Waals surface area contributed by atoms with Gasteiger partial charge in [0, 0.05) is 0 Å². The van der Waals surface area contributed by atoms with Crippen LogP contribution in [0.3, 0.4) is 0 Å². The fourth-order valence-electron chi connectivity index (χ4n) is 1.74. The Hall–Kier alpha value is -1.94. The topological polar surface area (TPSA) is 30.8 Å². The Morgan fingerprint density at radius 1 is 1.11 bits per heavy atom. The van der Waals surface area contributed by atoms with E-state index in [-0.39, 0.29) is 0 Å². The molecule has 18 heavy (non-hydrogen) atoms. The van der Waals surface area contributed by atoms with Crippen LogP contribution in [-0.4, -0.2) is 13.3 Å². The fourth-order valence-corrected chi connectivity index (χ4v) is 2.74. The summed E-state index contributed by atoms with van der Waals surface area (Å²) in [4.78, 5) is 6.90. The van der Waals surface area contributed by atoms with E-state index in [0.717, 1.165) is 26.9 Å². The minimum Gasteiger partial charge on any atom is -0.455 e. The molecule has 90 valence electrons. The van der Waals surface area contributed by atoms with E-state index in [9.17, 15) is 0 Å². The second-order valence-electron chi connectivity index (χ2n) is 3.77. The zero-order chi connectivity index (χ0) is 12.4. The number of oxime groups is 1. The second-order valence-corrected chi connectivity index (χ2v) is 4.86. The third-order valence-corrected chi connectivity index (χ3v) is 3.66. The van der Waals surface area contributed by atoms with Crippen molar-refractivity contribution in [3.05, 3.63) is 48.0 Å². The molecule has 1 aliphatic rings. The molecule has 0 amide bonds. The molecule has 0 aromatic heterocycles. The molecule has 0 saturated carbocycles. The summed E-state index contributed by atoms with van der Waals surface area (Å²) < 4.78 is 5.84. The van der Waals surface area contributed by atoms with Gasteiger partial charge in [0.1, 0.15) is 18.6 Å². The Balaban J connectivity index is 1.96. The summed E-state index contributed by atoms with van der Waals surface area (Å²) in [5.74, 6) is 1.79. The molecule has 0 radical (unpaired) electrons. The largest absolute Gasteiger partial charge is 0.455 e. The van der Waals surface area contributed by atoms with E-state index < -0.39 is 0 Å². The lowest BCUT2D eigenvalue weighted by Gasteiger charge is -2.19. The molecule has 3 rings (SSSR count). The summed E-state index contributed by atoms with van der Waals surface area (Å²) in [6.45, 7) is 0. The molecule has 1 heterocycles. The van der Waals surface area contributed by atoms with Crippen LogP contribution < -0.4 is 4.74 Å². The molecule has 1 aliphatic heterocycles. The highest BCUT2D eigenvalue weighted by atomic mass is 32.2. The number of nitrogens with zero attached hydrogens (tertiary/aromatic N) is 1. The summed E-state index contributed by atoms with van der Waals surface area (Å²) in [5.41, 5.74) is 0.992. The van der Waals surface area contributed by atoms with Gasteiger partial charge in [-0.2, -0.15) is 0 Å². The zero-order valence-electron chi connectivity index (χ0n) is 9.79. The van der Waals surface area contributed by atoms with Crippen LogP contribution in [0.15, 0.2) is 57.4 Å². The molecule has 0 N–H and O–H groups in total. The highest BCUT2D eigenvalue weighted by Crippen LogP contribution is 2.46. The zero-order valence-corrected chi connectivity index (χ0v) is 10.6. The van der Waals surface area contributed by atoms with Gasteiger partial charge in [-0.15, -0.1) is 0 Å². The Bertz CT molecular complexity index is 610. The molecule has 3 nitrogen and oxygen atoms in total. The summed E-state index contributed by atoms with van der Waals surface area (Å²) in [6, 6.07) is 14.0. The van der Waals surface area contributed by atoms with Gasteiger partial charge in [-0.25, -0.2) is 0 Å². The molecule has 0 spiro atoms. The van der Waals surface area contributed by atoms with Crippen LogP contribution in [-0.2, 0) is 4.84 Å². The summed E-state index contributed by atoms with van der Waals surface area (Å²) in [7, 11) is 1.53. The monoisotopic (exact) mass is 257 g/mol. The molecular formula is C14H11NO2S. The maximum Gasteiger partial charge on any atom is 0.141 e. The number of benzene rings is 2. The van der Waals surface area contributed by atoms with Crippen molar-refractivity contribution in [2.45, 2.75) is 9.79 Å². The lowest BCUT2D eigenvalue weighted by atomic mass is 10.2. The lowest BCUT2D eigenvalue weighted by molar-refractivity contribution is 0.215. The first kappa shape index (κ1) is 11.2. The molecule has 0 unspecified atom stereocenters. The number of rotatable bonds is 2. The third kappa shape index (κ3) is 2.07. The van der Waals surface area contributed by atoms with E-state index >= 15 is 0 Å². The molecule has 0 aliphatic carbocycles. The van der Waals surface area contributed by atoms with Crippen LogP contribution in [0.2, 0.25) is 0 Å². The van der Waals surface area contributed by atoms with Gasteiger partial charge >= 0.3 is 0 Å². The van der Waals surface area contributed by atoms with Crippen molar-refractivity contribution in [1.82, 2.24) is 0 Å². The quantitative estimate of drug-likeness (QED) is 0.515. The number of hydrogen-bond acceptors (Lipinski definition) is 4. The number of ether oxygens (including phenoxy) is 1. The number of hydrogen-bond donors (Lipinski definition) is 0. The standard InChI is InChI=1S/C14H11NO2S/c1-16-15-9-10-6-7-12-14(8-10)18-13-5-3-2-4-11(13)17-12/h2-9H,1H3/b15-9+. The Morgan fingerprint density at radius 2 is 1.94 bits per heavy atom. The van der Waals surface area contributed by atoms with E-state index in [0.29, 0.717) is 0 Å². The van der Waals surface area contributed by atoms with Crippen molar-refractivity contribution in [3.8, 4) is 11.5 Å². The first-order valence-electron chi connectivity index (χ1n) is 5.52. The third-order valence-electron chi connectivity index (χ3n) is 2.56. The van der Waals surface area contributed by atoms with Crippen molar-refractivity contribution >= 4 is 18.0 Å². The van der Waals surface area contributed by atoms with Crippen LogP contribution in [0, 0.1) is 0 Å². The van der Waals surface area contributed by atoms with Gasteiger partial charge in [-0.05, 0) is 35.9 Å². The predicted octanol–water partition coefficient (Wildman–Crippen LogP) is 3.92. The van der Waals surface area contributed by atoms with Crippen molar-refractivity contribution in [1.29, 1.82) is 0 Å². The predicted molar refractivity (Wildman–Crippen MR) is 71.7 cm³/mol. The van der Waals surface area contributed by atoms with E-state index in [1.807, 2.05) is 36.4 Å². The maximum atomic E-state index is 5.84. The average Bonchev–Trinajstić information content (AvgIpc) is 2.42. The van der Waals surface area contributed by atoms with E-state index in [1.54, 1.807) is 18.0 Å². The number of fused-ring (bicyclic) bond motifs is 2. The van der Waals surface area contributed by atoms with Crippen LogP contribution >= 0.6 is 11.8 Å². The summed E-state index contributed by atoms with van der Waals surface area (Å²) in [5, 5.41) is 3.76. The molecule has 0 saturated heterocycles. The first-order chi connectivity index (χ1) is 8.86. The van der Waals surface area contributed by atoms with E-state index in [2.05, 4.69) is 16.1 Å². The van der Waals surface area contributed by atoms with Gasteiger partial charge in [-0.1, -0.05) is 29.1 Å². The van der Waals surface area contributed by atoms with E-state index in [4.69, 9.17) is 4.74 Å². The minimum atomic E-state index is 0.883.